The predicted octanol–water partition coefficient (Wildman–Crippen LogP) is 5.00. The van der Waals surface area contributed by atoms with Crippen LogP contribution in [0.2, 0.25) is 0 Å². The van der Waals surface area contributed by atoms with Crippen molar-refractivity contribution in [2.45, 2.75) is 58.8 Å². The Balaban J connectivity index is 0.00000176. The Bertz CT molecular complexity index is 635. The molecule has 0 amide bonds. The fourth-order valence-corrected chi connectivity index (χ4v) is 3.03. The van der Waals surface area contributed by atoms with E-state index in [4.69, 9.17) is 0 Å². The molecular formula is C21H26Li. The summed E-state index contributed by atoms with van der Waals surface area (Å²) in [5.41, 5.74) is 8.70. The number of fused-ring (bicyclic) bond motifs is 3. The molecule has 0 nitrogen and oxygen atoms in total. The summed E-state index contributed by atoms with van der Waals surface area (Å²) in [6, 6.07) is 15.2. The molecule has 0 aliphatic heterocycles. The normalized spacial score (nSPS) is 13.4. The van der Waals surface area contributed by atoms with Crippen LogP contribution < -0.4 is 0 Å². The van der Waals surface area contributed by atoms with E-state index in [1.54, 1.807) is 0 Å². The second-order valence-electron chi connectivity index (χ2n) is 8.31. The van der Waals surface area contributed by atoms with Crippen LogP contribution in [-0.4, -0.2) is 18.9 Å². The van der Waals surface area contributed by atoms with Gasteiger partial charge in [-0.15, -0.1) is 0 Å². The molecule has 22 heavy (non-hydrogen) atoms. The molecule has 111 valence electrons. The first-order chi connectivity index (χ1) is 9.66. The summed E-state index contributed by atoms with van der Waals surface area (Å²) in [6.07, 6.45) is 1.03. The van der Waals surface area contributed by atoms with Gasteiger partial charge in [0.05, 0.1) is 0 Å². The molecule has 0 aromatic heterocycles. The molecule has 0 saturated carbocycles. The topological polar surface area (TPSA) is 0 Å². The van der Waals surface area contributed by atoms with Gasteiger partial charge in [-0.25, -0.2) is 0 Å². The van der Waals surface area contributed by atoms with Crippen LogP contribution in [-0.2, 0) is 17.3 Å². The summed E-state index contributed by atoms with van der Waals surface area (Å²) in [5, 5.41) is 0. The van der Waals surface area contributed by atoms with E-state index in [0.717, 1.165) is 6.42 Å². The Morgan fingerprint density at radius 2 is 1.45 bits per heavy atom. The maximum absolute atomic E-state index is 3.67. The van der Waals surface area contributed by atoms with Crippen molar-refractivity contribution in [3.8, 4) is 11.1 Å². The van der Waals surface area contributed by atoms with Crippen molar-refractivity contribution in [3.05, 3.63) is 58.7 Å². The first-order valence-corrected chi connectivity index (χ1v) is 7.86. The summed E-state index contributed by atoms with van der Waals surface area (Å²) >= 11 is 0. The Morgan fingerprint density at radius 3 is 2.05 bits per heavy atom. The van der Waals surface area contributed by atoms with E-state index in [2.05, 4.69) is 77.9 Å². The van der Waals surface area contributed by atoms with Gasteiger partial charge in [0, 0.05) is 0 Å². The molecule has 1 radical (unpaired) electrons. The number of benzene rings is 2. The minimum atomic E-state index is 0. The summed E-state index contributed by atoms with van der Waals surface area (Å²) in [4.78, 5) is 0. The van der Waals surface area contributed by atoms with Gasteiger partial charge in [0.1, 0.15) is 0 Å². The molecule has 1 aliphatic carbocycles. The molecule has 2 aromatic rings. The summed E-state index contributed by atoms with van der Waals surface area (Å²) in [6.45, 7) is 13.6. The SMILES string of the molecule is CC(C)(C)c1[c]c2c(cc1)-c1ccc(C(C)(C)C)cc1C2.[LiH]. The Morgan fingerprint density at radius 1 is 0.818 bits per heavy atom. The second kappa shape index (κ2) is 5.59. The van der Waals surface area contributed by atoms with E-state index in [1.807, 2.05) is 0 Å². The van der Waals surface area contributed by atoms with Crippen LogP contribution in [0.25, 0.3) is 11.1 Å². The van der Waals surface area contributed by atoms with Gasteiger partial charge in [-0.3, -0.25) is 0 Å². The van der Waals surface area contributed by atoms with Gasteiger partial charge in [0.25, 0.3) is 0 Å². The summed E-state index contributed by atoms with van der Waals surface area (Å²) in [7, 11) is 0. The fraction of sp³-hybridized carbons (Fsp3) is 0.429. The molecular weight excluding hydrogens is 259 g/mol. The summed E-state index contributed by atoms with van der Waals surface area (Å²) in [5.74, 6) is 0. The van der Waals surface area contributed by atoms with Crippen LogP contribution in [0.15, 0.2) is 30.3 Å². The first kappa shape index (κ1) is 17.4. The van der Waals surface area contributed by atoms with Crippen molar-refractivity contribution < 1.29 is 0 Å². The molecule has 1 heteroatoms. The van der Waals surface area contributed by atoms with E-state index in [-0.39, 0.29) is 29.7 Å². The van der Waals surface area contributed by atoms with Crippen LogP contribution in [0.5, 0.6) is 0 Å². The molecule has 0 unspecified atom stereocenters. The van der Waals surface area contributed by atoms with Crippen LogP contribution >= 0.6 is 0 Å². The van der Waals surface area contributed by atoms with Crippen LogP contribution in [0, 0.1) is 6.07 Å². The van der Waals surface area contributed by atoms with E-state index in [0.29, 0.717) is 0 Å². The van der Waals surface area contributed by atoms with Gasteiger partial charge in [-0.1, -0.05) is 71.9 Å². The second-order valence-corrected chi connectivity index (χ2v) is 8.31. The third-order valence-corrected chi connectivity index (χ3v) is 4.46. The Labute approximate surface area is 147 Å². The van der Waals surface area contributed by atoms with E-state index in [1.165, 1.54) is 33.4 Å². The van der Waals surface area contributed by atoms with Gasteiger partial charge in [-0.2, -0.15) is 0 Å². The minimum absolute atomic E-state index is 0. The standard InChI is InChI=1S/C21H25.Li.H/c1-20(2,3)16-7-9-18-14(12-16)11-15-13-17(21(4,5)6)8-10-19(15)18;;/h7-10,12H,11H2,1-6H3;;. The number of hydrogen-bond donors (Lipinski definition) is 0. The molecule has 0 atom stereocenters. The fourth-order valence-electron chi connectivity index (χ4n) is 3.03. The molecule has 0 fully saturated rings. The quantitative estimate of drug-likeness (QED) is 0.510. The van der Waals surface area contributed by atoms with E-state index in [9.17, 15) is 0 Å². The van der Waals surface area contributed by atoms with Crippen molar-refractivity contribution in [1.29, 1.82) is 0 Å². The van der Waals surface area contributed by atoms with Crippen molar-refractivity contribution >= 4 is 18.9 Å². The van der Waals surface area contributed by atoms with Crippen molar-refractivity contribution in [2.75, 3.05) is 0 Å². The zero-order valence-corrected chi connectivity index (χ0v) is 14.1. The number of rotatable bonds is 0. The van der Waals surface area contributed by atoms with Crippen molar-refractivity contribution in [2.24, 2.45) is 0 Å². The van der Waals surface area contributed by atoms with Crippen LogP contribution in [0.4, 0.5) is 0 Å². The zero-order valence-electron chi connectivity index (χ0n) is 14.1. The van der Waals surface area contributed by atoms with Gasteiger partial charge in [-0.05, 0) is 56.7 Å². The van der Waals surface area contributed by atoms with Crippen molar-refractivity contribution in [1.82, 2.24) is 0 Å². The van der Waals surface area contributed by atoms with E-state index < -0.39 is 0 Å². The average Bonchev–Trinajstić information content (AvgIpc) is 2.73. The monoisotopic (exact) mass is 285 g/mol. The maximum atomic E-state index is 3.67. The third-order valence-electron chi connectivity index (χ3n) is 4.46. The van der Waals surface area contributed by atoms with Crippen molar-refractivity contribution in [3.63, 3.8) is 0 Å². The molecule has 0 N–H and O–H groups in total. The average molecular weight is 285 g/mol. The van der Waals surface area contributed by atoms with E-state index >= 15 is 0 Å². The molecule has 3 rings (SSSR count). The molecule has 1 aliphatic rings. The van der Waals surface area contributed by atoms with Gasteiger partial charge in [0.2, 0.25) is 0 Å². The zero-order chi connectivity index (χ0) is 15.4. The molecule has 0 saturated heterocycles. The molecule has 0 spiro atoms. The summed E-state index contributed by atoms with van der Waals surface area (Å²) < 4.78 is 0. The number of hydrogen-bond acceptors (Lipinski definition) is 0. The molecule has 0 heterocycles. The van der Waals surface area contributed by atoms with Crippen LogP contribution in [0.1, 0.15) is 63.8 Å². The van der Waals surface area contributed by atoms with Gasteiger partial charge < -0.3 is 0 Å². The molecule has 0 bridgehead atoms. The van der Waals surface area contributed by atoms with Gasteiger partial charge in [0.15, 0.2) is 0 Å². The Hall–Kier alpha value is -0.963. The van der Waals surface area contributed by atoms with Crippen LogP contribution in [0.3, 0.4) is 0 Å². The first-order valence-electron chi connectivity index (χ1n) is 7.86. The van der Waals surface area contributed by atoms with Gasteiger partial charge >= 0.3 is 18.9 Å². The predicted molar refractivity (Wildman–Crippen MR) is 98.1 cm³/mol. The third kappa shape index (κ3) is 3.05. The Kier molecular flexibility index (Phi) is 4.42. The molecule has 2 aromatic carbocycles.